The SMILES string of the molecule is O=C1C=CC(=O)N1c1ccc(S(=O)(=O)Nc2ccccc2)cc1. The molecule has 0 bridgehead atoms. The smallest absolute Gasteiger partial charge is 0.261 e. The average molecular weight is 328 g/mol. The number of anilines is 2. The molecule has 1 aliphatic heterocycles. The minimum absolute atomic E-state index is 0.0390. The first kappa shape index (κ1) is 15.0. The van der Waals surface area contributed by atoms with Gasteiger partial charge in [-0.05, 0) is 36.4 Å². The molecule has 0 aromatic heterocycles. The van der Waals surface area contributed by atoms with E-state index in [2.05, 4.69) is 4.72 Å². The van der Waals surface area contributed by atoms with Crippen LogP contribution >= 0.6 is 0 Å². The maximum absolute atomic E-state index is 12.3. The van der Waals surface area contributed by atoms with Crippen LogP contribution in [0.2, 0.25) is 0 Å². The molecule has 0 unspecified atom stereocenters. The van der Waals surface area contributed by atoms with E-state index in [1.165, 1.54) is 36.4 Å². The summed E-state index contributed by atoms with van der Waals surface area (Å²) in [7, 11) is -3.73. The Morgan fingerprint density at radius 3 is 1.91 bits per heavy atom. The van der Waals surface area contributed by atoms with E-state index in [9.17, 15) is 18.0 Å². The minimum Gasteiger partial charge on any atom is -0.280 e. The van der Waals surface area contributed by atoms with E-state index in [1.54, 1.807) is 30.3 Å². The van der Waals surface area contributed by atoms with Crippen molar-refractivity contribution in [3.63, 3.8) is 0 Å². The number of nitrogens with one attached hydrogen (secondary N) is 1. The normalized spacial score (nSPS) is 14.3. The van der Waals surface area contributed by atoms with E-state index >= 15 is 0 Å². The summed E-state index contributed by atoms with van der Waals surface area (Å²) in [6.07, 6.45) is 2.34. The molecule has 0 saturated heterocycles. The molecular formula is C16H12N2O4S. The number of hydrogen-bond donors (Lipinski definition) is 1. The Morgan fingerprint density at radius 1 is 0.783 bits per heavy atom. The van der Waals surface area contributed by atoms with Crippen molar-refractivity contribution < 1.29 is 18.0 Å². The first-order valence-corrected chi connectivity index (χ1v) is 8.20. The van der Waals surface area contributed by atoms with Gasteiger partial charge in [0.25, 0.3) is 21.8 Å². The molecule has 1 N–H and O–H groups in total. The van der Waals surface area contributed by atoms with E-state index in [0.29, 0.717) is 11.4 Å². The van der Waals surface area contributed by atoms with Gasteiger partial charge in [-0.25, -0.2) is 13.3 Å². The Balaban J connectivity index is 1.84. The van der Waals surface area contributed by atoms with Gasteiger partial charge in [0.2, 0.25) is 0 Å². The number of rotatable bonds is 4. The number of benzene rings is 2. The molecule has 0 atom stereocenters. The second-order valence-corrected chi connectivity index (χ2v) is 6.49. The van der Waals surface area contributed by atoms with Gasteiger partial charge in [-0.15, -0.1) is 0 Å². The number of carbonyl (C=O) groups is 2. The van der Waals surface area contributed by atoms with Gasteiger partial charge >= 0.3 is 0 Å². The lowest BCUT2D eigenvalue weighted by atomic mass is 10.3. The topological polar surface area (TPSA) is 83.6 Å². The number of carbonyl (C=O) groups excluding carboxylic acids is 2. The van der Waals surface area contributed by atoms with Gasteiger partial charge in [0.05, 0.1) is 10.6 Å². The van der Waals surface area contributed by atoms with Gasteiger partial charge < -0.3 is 0 Å². The zero-order valence-electron chi connectivity index (χ0n) is 11.8. The lowest BCUT2D eigenvalue weighted by Crippen LogP contribution is -2.29. The van der Waals surface area contributed by atoms with Crippen LogP contribution in [0.15, 0.2) is 71.6 Å². The van der Waals surface area contributed by atoms with Crippen LogP contribution in [0.4, 0.5) is 11.4 Å². The van der Waals surface area contributed by atoms with Crippen LogP contribution in [-0.4, -0.2) is 20.2 Å². The highest BCUT2D eigenvalue weighted by Crippen LogP contribution is 2.22. The van der Waals surface area contributed by atoms with Gasteiger partial charge in [0.15, 0.2) is 0 Å². The lowest BCUT2D eigenvalue weighted by molar-refractivity contribution is -0.119. The lowest BCUT2D eigenvalue weighted by Gasteiger charge is -2.14. The third-order valence-corrected chi connectivity index (χ3v) is 4.64. The van der Waals surface area contributed by atoms with E-state index in [1.807, 2.05) is 0 Å². The molecular weight excluding hydrogens is 316 g/mol. The van der Waals surface area contributed by atoms with Crippen molar-refractivity contribution in [2.45, 2.75) is 4.90 Å². The van der Waals surface area contributed by atoms with Gasteiger partial charge in [0, 0.05) is 17.8 Å². The van der Waals surface area contributed by atoms with Gasteiger partial charge in [-0.1, -0.05) is 18.2 Å². The molecule has 0 fully saturated rings. The maximum atomic E-state index is 12.3. The maximum Gasteiger partial charge on any atom is 0.261 e. The molecule has 23 heavy (non-hydrogen) atoms. The summed E-state index contributed by atoms with van der Waals surface area (Å²) in [5.41, 5.74) is 0.773. The third-order valence-electron chi connectivity index (χ3n) is 3.24. The Bertz CT molecular complexity index is 869. The second kappa shape index (κ2) is 5.69. The number of nitrogens with zero attached hydrogens (tertiary/aromatic N) is 1. The molecule has 3 rings (SSSR count). The Hall–Kier alpha value is -2.93. The first-order valence-electron chi connectivity index (χ1n) is 6.71. The average Bonchev–Trinajstić information content (AvgIpc) is 2.87. The number of imide groups is 1. The van der Waals surface area contributed by atoms with Crippen molar-refractivity contribution in [3.8, 4) is 0 Å². The summed E-state index contributed by atoms with van der Waals surface area (Å²) < 4.78 is 27.0. The summed E-state index contributed by atoms with van der Waals surface area (Å²) in [5, 5.41) is 0. The molecule has 0 radical (unpaired) electrons. The summed E-state index contributed by atoms with van der Waals surface area (Å²) in [4.78, 5) is 24.2. The number of para-hydroxylation sites is 1. The van der Waals surface area contributed by atoms with Crippen molar-refractivity contribution in [3.05, 3.63) is 66.7 Å². The molecule has 6 nitrogen and oxygen atoms in total. The predicted octanol–water partition coefficient (Wildman–Crippen LogP) is 1.92. The molecule has 2 aromatic rings. The van der Waals surface area contributed by atoms with Gasteiger partial charge in [0.1, 0.15) is 0 Å². The molecule has 2 amide bonds. The zero-order chi connectivity index (χ0) is 16.4. The summed E-state index contributed by atoms with van der Waals surface area (Å²) >= 11 is 0. The van der Waals surface area contributed by atoms with E-state index in [4.69, 9.17) is 0 Å². The summed E-state index contributed by atoms with van der Waals surface area (Å²) in [5.74, 6) is -0.902. The third kappa shape index (κ3) is 3.00. The number of sulfonamides is 1. The molecule has 1 heterocycles. The summed E-state index contributed by atoms with van der Waals surface area (Å²) in [6, 6.07) is 14.0. The molecule has 1 aliphatic rings. The van der Waals surface area contributed by atoms with Crippen LogP contribution in [0.1, 0.15) is 0 Å². The first-order chi connectivity index (χ1) is 11.0. The highest BCUT2D eigenvalue weighted by molar-refractivity contribution is 7.92. The Morgan fingerprint density at radius 2 is 1.35 bits per heavy atom. The van der Waals surface area contributed by atoms with Crippen LogP contribution < -0.4 is 9.62 Å². The summed E-state index contributed by atoms with van der Waals surface area (Å²) in [6.45, 7) is 0. The molecule has 7 heteroatoms. The van der Waals surface area contributed by atoms with Gasteiger partial charge in [-0.2, -0.15) is 0 Å². The monoisotopic (exact) mass is 328 g/mol. The van der Waals surface area contributed by atoms with Crippen molar-refractivity contribution >= 4 is 33.2 Å². The highest BCUT2D eigenvalue weighted by Gasteiger charge is 2.25. The predicted molar refractivity (Wildman–Crippen MR) is 85.3 cm³/mol. The minimum atomic E-state index is -3.73. The van der Waals surface area contributed by atoms with Crippen LogP contribution in [0.3, 0.4) is 0 Å². The zero-order valence-corrected chi connectivity index (χ0v) is 12.7. The quantitative estimate of drug-likeness (QED) is 0.869. The van der Waals surface area contributed by atoms with Gasteiger partial charge in [-0.3, -0.25) is 14.3 Å². The van der Waals surface area contributed by atoms with Crippen molar-refractivity contribution in [1.29, 1.82) is 0 Å². The van der Waals surface area contributed by atoms with E-state index < -0.39 is 21.8 Å². The highest BCUT2D eigenvalue weighted by atomic mass is 32.2. The molecule has 116 valence electrons. The Kier molecular flexibility index (Phi) is 3.71. The van der Waals surface area contributed by atoms with Crippen LogP contribution in [0.25, 0.3) is 0 Å². The van der Waals surface area contributed by atoms with Crippen LogP contribution in [-0.2, 0) is 19.6 Å². The molecule has 2 aromatic carbocycles. The molecule has 0 saturated carbocycles. The van der Waals surface area contributed by atoms with Crippen molar-refractivity contribution in [1.82, 2.24) is 0 Å². The standard InChI is InChI=1S/C16H12N2O4S/c19-15-10-11-16(20)18(15)13-6-8-14(9-7-13)23(21,22)17-12-4-2-1-3-5-12/h1-11,17H. The van der Waals surface area contributed by atoms with Crippen molar-refractivity contribution in [2.24, 2.45) is 0 Å². The Labute approximate surface area is 133 Å². The van der Waals surface area contributed by atoms with Crippen molar-refractivity contribution in [2.75, 3.05) is 9.62 Å². The van der Waals surface area contributed by atoms with Crippen LogP contribution in [0.5, 0.6) is 0 Å². The largest absolute Gasteiger partial charge is 0.280 e. The van der Waals surface area contributed by atoms with Crippen LogP contribution in [0, 0.1) is 0 Å². The fraction of sp³-hybridized carbons (Fsp3) is 0. The molecule has 0 spiro atoms. The van der Waals surface area contributed by atoms with E-state index in [0.717, 1.165) is 4.90 Å². The number of amides is 2. The number of hydrogen-bond acceptors (Lipinski definition) is 4. The molecule has 0 aliphatic carbocycles. The second-order valence-electron chi connectivity index (χ2n) is 4.81. The van der Waals surface area contributed by atoms with E-state index in [-0.39, 0.29) is 4.90 Å². The fourth-order valence-corrected chi connectivity index (χ4v) is 3.21. The fourth-order valence-electron chi connectivity index (χ4n) is 2.15.